The molecule has 1 aliphatic carbocycles. The molecule has 1 N–H and O–H groups in total. The maximum Gasteiger partial charge on any atom is 0.225 e. The van der Waals surface area contributed by atoms with Crippen LogP contribution >= 0.6 is 28.3 Å². The van der Waals surface area contributed by atoms with E-state index in [0.29, 0.717) is 19.1 Å². The molecule has 1 heterocycles. The maximum absolute atomic E-state index is 12.3. The van der Waals surface area contributed by atoms with Crippen molar-refractivity contribution in [3.05, 3.63) is 28.7 Å². The molecule has 4 nitrogen and oxygen atoms in total. The number of rotatable bonds is 7. The van der Waals surface area contributed by atoms with Crippen LogP contribution < -0.4 is 10.1 Å². The summed E-state index contributed by atoms with van der Waals surface area (Å²) in [6.07, 6.45) is 5.38. The van der Waals surface area contributed by atoms with E-state index >= 15 is 0 Å². The second kappa shape index (κ2) is 9.64. The Hall–Kier alpha value is -0.780. The van der Waals surface area contributed by atoms with Crippen LogP contribution in [-0.2, 0) is 4.79 Å². The van der Waals surface area contributed by atoms with E-state index < -0.39 is 0 Å². The molecule has 1 aliphatic heterocycles. The summed E-state index contributed by atoms with van der Waals surface area (Å²) in [6.45, 7) is 3.35. The summed E-state index contributed by atoms with van der Waals surface area (Å²) in [4.78, 5) is 14.2. The first-order chi connectivity index (χ1) is 11.2. The van der Waals surface area contributed by atoms with E-state index in [1.54, 1.807) is 0 Å². The van der Waals surface area contributed by atoms with Gasteiger partial charge in [0.25, 0.3) is 0 Å². The highest BCUT2D eigenvalue weighted by Crippen LogP contribution is 2.28. The first-order valence-corrected chi connectivity index (χ1v) is 9.39. The number of carbonyl (C=O) groups is 1. The van der Waals surface area contributed by atoms with Crippen LogP contribution in [0.25, 0.3) is 0 Å². The summed E-state index contributed by atoms with van der Waals surface area (Å²) in [5, 5.41) is 3.65. The molecule has 134 valence electrons. The molecule has 0 spiro atoms. The van der Waals surface area contributed by atoms with Crippen molar-refractivity contribution in [1.82, 2.24) is 10.2 Å². The fourth-order valence-corrected chi connectivity index (χ4v) is 3.34. The number of ether oxygens (including phenoxy) is 1. The number of benzene rings is 1. The van der Waals surface area contributed by atoms with Crippen molar-refractivity contribution in [2.45, 2.75) is 38.1 Å². The van der Waals surface area contributed by atoms with Gasteiger partial charge in [-0.1, -0.05) is 22.0 Å². The molecule has 3 rings (SSSR count). The number of hydrogen-bond donors (Lipinski definition) is 1. The predicted molar refractivity (Wildman–Crippen MR) is 102 cm³/mol. The topological polar surface area (TPSA) is 41.6 Å². The van der Waals surface area contributed by atoms with Gasteiger partial charge in [0, 0.05) is 23.6 Å². The second-order valence-electron chi connectivity index (χ2n) is 6.56. The van der Waals surface area contributed by atoms with Crippen molar-refractivity contribution in [3.63, 3.8) is 0 Å². The lowest BCUT2D eigenvalue weighted by Crippen LogP contribution is -2.45. The molecule has 1 saturated carbocycles. The summed E-state index contributed by atoms with van der Waals surface area (Å²) in [5.41, 5.74) is 0. The Kier molecular flexibility index (Phi) is 7.85. The van der Waals surface area contributed by atoms with Crippen LogP contribution in [0.4, 0.5) is 0 Å². The summed E-state index contributed by atoms with van der Waals surface area (Å²) in [7, 11) is 0. The minimum atomic E-state index is 0. The van der Waals surface area contributed by atoms with E-state index in [1.807, 2.05) is 29.2 Å². The van der Waals surface area contributed by atoms with Crippen LogP contribution in [0.5, 0.6) is 5.75 Å². The van der Waals surface area contributed by atoms with Crippen molar-refractivity contribution in [2.75, 3.05) is 26.2 Å². The highest BCUT2D eigenvalue weighted by molar-refractivity contribution is 9.10. The first-order valence-electron chi connectivity index (χ1n) is 8.60. The molecule has 1 saturated heterocycles. The van der Waals surface area contributed by atoms with E-state index in [9.17, 15) is 4.79 Å². The summed E-state index contributed by atoms with van der Waals surface area (Å²) >= 11 is 3.42. The molecule has 0 aromatic heterocycles. The molecule has 0 unspecified atom stereocenters. The van der Waals surface area contributed by atoms with E-state index in [2.05, 4.69) is 21.2 Å². The lowest BCUT2D eigenvalue weighted by Gasteiger charge is -2.32. The highest BCUT2D eigenvalue weighted by atomic mass is 79.9. The second-order valence-corrected chi connectivity index (χ2v) is 7.48. The third-order valence-electron chi connectivity index (χ3n) is 4.62. The normalized spacial score (nSPS) is 18.1. The quantitative estimate of drug-likeness (QED) is 0.736. The average molecular weight is 418 g/mol. The summed E-state index contributed by atoms with van der Waals surface area (Å²) in [6, 6.07) is 8.31. The van der Waals surface area contributed by atoms with Gasteiger partial charge in [0.2, 0.25) is 5.91 Å². The van der Waals surface area contributed by atoms with Crippen molar-refractivity contribution in [3.8, 4) is 5.75 Å². The fraction of sp³-hybridized carbons (Fsp3) is 0.611. The zero-order chi connectivity index (χ0) is 16.1. The van der Waals surface area contributed by atoms with Gasteiger partial charge in [-0.25, -0.2) is 0 Å². The van der Waals surface area contributed by atoms with E-state index in [1.165, 1.54) is 19.4 Å². The molecule has 2 fully saturated rings. The Bertz CT molecular complexity index is 532. The third-order valence-corrected chi connectivity index (χ3v) is 5.11. The highest BCUT2D eigenvalue weighted by Gasteiger charge is 2.25. The minimum Gasteiger partial charge on any atom is -0.493 e. The van der Waals surface area contributed by atoms with Gasteiger partial charge in [0.05, 0.1) is 13.0 Å². The predicted octanol–water partition coefficient (Wildman–Crippen LogP) is 3.63. The van der Waals surface area contributed by atoms with Crippen molar-refractivity contribution >= 4 is 34.2 Å². The standard InChI is InChI=1S/C18H25BrN2O2.ClH/c19-15-2-1-3-17(12-15)23-11-8-18(22)21-9-6-16(7-10-21)20-13-14-4-5-14;/h1-3,12,14,16,20H,4-11,13H2;1H. The van der Waals surface area contributed by atoms with Gasteiger partial charge in [-0.3, -0.25) is 4.79 Å². The average Bonchev–Trinajstić information content (AvgIpc) is 3.38. The van der Waals surface area contributed by atoms with Gasteiger partial charge in [-0.05, 0) is 56.3 Å². The molecule has 24 heavy (non-hydrogen) atoms. The number of nitrogens with one attached hydrogen (secondary N) is 1. The molecular formula is C18H26BrClN2O2. The Morgan fingerprint density at radius 2 is 2.00 bits per heavy atom. The monoisotopic (exact) mass is 416 g/mol. The molecule has 0 radical (unpaired) electrons. The van der Waals surface area contributed by atoms with E-state index in [-0.39, 0.29) is 18.3 Å². The SMILES string of the molecule is Cl.O=C(CCOc1cccc(Br)c1)N1CCC(NCC2CC2)CC1. The van der Waals surface area contributed by atoms with Gasteiger partial charge < -0.3 is 15.0 Å². The molecule has 2 aliphatic rings. The summed E-state index contributed by atoms with van der Waals surface area (Å²) in [5.74, 6) is 1.93. The van der Waals surface area contributed by atoms with Crippen molar-refractivity contribution in [1.29, 1.82) is 0 Å². The van der Waals surface area contributed by atoms with Crippen LogP contribution in [0.15, 0.2) is 28.7 Å². The van der Waals surface area contributed by atoms with E-state index in [4.69, 9.17) is 4.74 Å². The molecule has 0 atom stereocenters. The Labute approximate surface area is 158 Å². The molecule has 1 aromatic carbocycles. The number of likely N-dealkylation sites (tertiary alicyclic amines) is 1. The number of piperidine rings is 1. The summed E-state index contributed by atoms with van der Waals surface area (Å²) < 4.78 is 6.64. The van der Waals surface area contributed by atoms with Gasteiger partial charge in [-0.15, -0.1) is 12.4 Å². The first kappa shape index (κ1) is 19.5. The molecule has 1 aromatic rings. The molecular weight excluding hydrogens is 392 g/mol. The molecule has 1 amide bonds. The Morgan fingerprint density at radius 1 is 1.25 bits per heavy atom. The fourth-order valence-electron chi connectivity index (χ4n) is 2.96. The largest absolute Gasteiger partial charge is 0.493 e. The van der Waals surface area contributed by atoms with Gasteiger partial charge in [0.15, 0.2) is 0 Å². The third kappa shape index (κ3) is 6.26. The van der Waals surface area contributed by atoms with Crippen LogP contribution in [-0.4, -0.2) is 43.1 Å². The van der Waals surface area contributed by atoms with Gasteiger partial charge in [0.1, 0.15) is 5.75 Å². The van der Waals surface area contributed by atoms with Crippen molar-refractivity contribution < 1.29 is 9.53 Å². The zero-order valence-corrected chi connectivity index (χ0v) is 16.3. The van der Waals surface area contributed by atoms with Gasteiger partial charge in [-0.2, -0.15) is 0 Å². The Morgan fingerprint density at radius 3 is 2.67 bits per heavy atom. The zero-order valence-electron chi connectivity index (χ0n) is 13.9. The van der Waals surface area contributed by atoms with Crippen LogP contribution in [0, 0.1) is 5.92 Å². The van der Waals surface area contributed by atoms with Crippen LogP contribution in [0.3, 0.4) is 0 Å². The smallest absolute Gasteiger partial charge is 0.225 e. The lowest BCUT2D eigenvalue weighted by molar-refractivity contribution is -0.132. The van der Waals surface area contributed by atoms with Crippen molar-refractivity contribution in [2.24, 2.45) is 5.92 Å². The molecule has 0 bridgehead atoms. The van der Waals surface area contributed by atoms with Crippen LogP contribution in [0.2, 0.25) is 0 Å². The number of nitrogens with zero attached hydrogens (tertiary/aromatic N) is 1. The number of halogens is 2. The maximum atomic E-state index is 12.3. The number of amides is 1. The molecule has 6 heteroatoms. The van der Waals surface area contributed by atoms with Crippen LogP contribution in [0.1, 0.15) is 32.1 Å². The van der Waals surface area contributed by atoms with E-state index in [0.717, 1.165) is 42.1 Å². The Balaban J connectivity index is 0.00000208. The lowest BCUT2D eigenvalue weighted by atomic mass is 10.0. The number of hydrogen-bond acceptors (Lipinski definition) is 3. The minimum absolute atomic E-state index is 0. The van der Waals surface area contributed by atoms with Gasteiger partial charge >= 0.3 is 0 Å². The number of carbonyl (C=O) groups excluding carboxylic acids is 1.